The molecule has 1 fully saturated rings. The Morgan fingerprint density at radius 2 is 1.66 bits per heavy atom. The third-order valence-corrected chi connectivity index (χ3v) is 4.82. The van der Waals surface area contributed by atoms with E-state index in [1.807, 2.05) is 42.6 Å². The molecule has 0 saturated carbocycles. The van der Waals surface area contributed by atoms with Crippen molar-refractivity contribution in [3.63, 3.8) is 0 Å². The zero-order valence-corrected chi connectivity index (χ0v) is 16.1. The van der Waals surface area contributed by atoms with Crippen LogP contribution < -0.4 is 9.64 Å². The minimum Gasteiger partial charge on any atom is -0.489 e. The van der Waals surface area contributed by atoms with Gasteiger partial charge in [0, 0.05) is 30.6 Å². The number of benzene rings is 3. The van der Waals surface area contributed by atoms with Gasteiger partial charge in [0.05, 0.1) is 18.9 Å². The van der Waals surface area contributed by atoms with Gasteiger partial charge in [-0.2, -0.15) is 0 Å². The van der Waals surface area contributed by atoms with Gasteiger partial charge in [-0.05, 0) is 60.2 Å². The van der Waals surface area contributed by atoms with Crippen LogP contribution in [0, 0.1) is 5.82 Å². The lowest BCUT2D eigenvalue weighted by molar-refractivity contribution is 0.122. The Labute approximate surface area is 170 Å². The van der Waals surface area contributed by atoms with E-state index in [0.717, 1.165) is 37.6 Å². The summed E-state index contributed by atoms with van der Waals surface area (Å²) in [4.78, 5) is 6.86. The van der Waals surface area contributed by atoms with Gasteiger partial charge < -0.3 is 14.4 Å². The van der Waals surface area contributed by atoms with Crippen LogP contribution in [-0.4, -0.2) is 32.5 Å². The molecule has 3 aromatic rings. The van der Waals surface area contributed by atoms with E-state index in [-0.39, 0.29) is 12.4 Å². The number of hydrogen-bond donors (Lipinski definition) is 0. The number of nitrogens with zero attached hydrogens (tertiary/aromatic N) is 2. The van der Waals surface area contributed by atoms with E-state index in [2.05, 4.69) is 22.0 Å². The van der Waals surface area contributed by atoms with Crippen molar-refractivity contribution in [2.24, 2.45) is 4.99 Å². The first-order chi connectivity index (χ1) is 14.3. The summed E-state index contributed by atoms with van der Waals surface area (Å²) in [5.41, 5.74) is 3.62. The summed E-state index contributed by atoms with van der Waals surface area (Å²) < 4.78 is 24.7. The fourth-order valence-electron chi connectivity index (χ4n) is 3.15. The van der Waals surface area contributed by atoms with Crippen LogP contribution in [0.2, 0.25) is 0 Å². The second-order valence-corrected chi connectivity index (χ2v) is 6.82. The van der Waals surface area contributed by atoms with Crippen molar-refractivity contribution in [1.29, 1.82) is 0 Å². The van der Waals surface area contributed by atoms with Crippen molar-refractivity contribution in [2.45, 2.75) is 6.61 Å². The fourth-order valence-corrected chi connectivity index (χ4v) is 3.15. The largest absolute Gasteiger partial charge is 0.489 e. The zero-order valence-electron chi connectivity index (χ0n) is 16.1. The number of halogens is 1. The van der Waals surface area contributed by atoms with Crippen LogP contribution in [0.25, 0.3) is 0 Å². The molecule has 0 atom stereocenters. The van der Waals surface area contributed by atoms with Crippen molar-refractivity contribution < 1.29 is 13.9 Å². The van der Waals surface area contributed by atoms with Gasteiger partial charge in [-0.15, -0.1) is 0 Å². The lowest BCUT2D eigenvalue weighted by Gasteiger charge is -2.28. The number of ether oxygens (including phenoxy) is 2. The first-order valence-electron chi connectivity index (χ1n) is 9.71. The zero-order chi connectivity index (χ0) is 19.9. The molecular weight excluding hydrogens is 367 g/mol. The molecular formula is C24H23FN2O2. The number of hydrogen-bond acceptors (Lipinski definition) is 4. The molecule has 1 heterocycles. The summed E-state index contributed by atoms with van der Waals surface area (Å²) in [5, 5.41) is 0. The summed E-state index contributed by atoms with van der Waals surface area (Å²) in [6.07, 6.45) is 1.82. The smallest absolute Gasteiger partial charge is 0.129 e. The van der Waals surface area contributed by atoms with Crippen molar-refractivity contribution in [1.82, 2.24) is 0 Å². The van der Waals surface area contributed by atoms with E-state index in [4.69, 9.17) is 9.47 Å². The number of aliphatic imine (C=N–C) groups is 1. The molecule has 4 rings (SSSR count). The highest BCUT2D eigenvalue weighted by atomic mass is 19.1. The lowest BCUT2D eigenvalue weighted by atomic mass is 10.2. The highest BCUT2D eigenvalue weighted by Crippen LogP contribution is 2.21. The first-order valence-corrected chi connectivity index (χ1v) is 9.71. The normalized spacial score (nSPS) is 14.3. The molecule has 4 nitrogen and oxygen atoms in total. The van der Waals surface area contributed by atoms with Crippen molar-refractivity contribution in [3.05, 3.63) is 89.7 Å². The molecule has 1 aliphatic heterocycles. The van der Waals surface area contributed by atoms with Crippen LogP contribution in [0.3, 0.4) is 0 Å². The Morgan fingerprint density at radius 1 is 0.931 bits per heavy atom. The molecule has 0 unspecified atom stereocenters. The molecule has 1 aliphatic rings. The van der Waals surface area contributed by atoms with E-state index >= 15 is 0 Å². The van der Waals surface area contributed by atoms with Gasteiger partial charge in [0.1, 0.15) is 18.2 Å². The quantitative estimate of drug-likeness (QED) is 0.556. The third-order valence-electron chi connectivity index (χ3n) is 4.82. The summed E-state index contributed by atoms with van der Waals surface area (Å²) in [5.74, 6) is 0.441. The first kappa shape index (κ1) is 19.2. The molecule has 0 aromatic heterocycles. The minimum atomic E-state index is -0.254. The summed E-state index contributed by atoms with van der Waals surface area (Å²) in [6.45, 7) is 3.61. The van der Waals surface area contributed by atoms with Gasteiger partial charge in [-0.3, -0.25) is 4.99 Å². The molecule has 0 amide bonds. The Balaban J connectivity index is 1.33. The SMILES string of the molecule is Fc1ccccc1COc1ccc(C=Nc2ccc(N3CCOCC3)cc2)cc1. The molecule has 0 radical (unpaired) electrons. The molecule has 5 heteroatoms. The van der Waals surface area contributed by atoms with Crippen molar-refractivity contribution >= 4 is 17.6 Å². The van der Waals surface area contributed by atoms with Crippen LogP contribution in [0.15, 0.2) is 77.8 Å². The maximum absolute atomic E-state index is 13.6. The van der Waals surface area contributed by atoms with Crippen molar-refractivity contribution in [2.75, 3.05) is 31.2 Å². The fraction of sp³-hybridized carbons (Fsp3) is 0.208. The predicted molar refractivity (Wildman–Crippen MR) is 114 cm³/mol. The summed E-state index contributed by atoms with van der Waals surface area (Å²) in [7, 11) is 0. The van der Waals surface area contributed by atoms with E-state index in [1.165, 1.54) is 11.8 Å². The van der Waals surface area contributed by atoms with E-state index < -0.39 is 0 Å². The highest BCUT2D eigenvalue weighted by Gasteiger charge is 2.10. The summed E-state index contributed by atoms with van der Waals surface area (Å²) >= 11 is 0. The number of rotatable bonds is 6. The standard InChI is InChI=1S/C24H23FN2O2/c25-24-4-2-1-3-20(24)18-29-23-11-5-19(6-12-23)17-26-21-7-9-22(10-8-21)27-13-15-28-16-14-27/h1-12,17H,13-16,18H2. The van der Waals surface area contributed by atoms with Crippen LogP contribution in [0.5, 0.6) is 5.75 Å². The van der Waals surface area contributed by atoms with E-state index in [1.54, 1.807) is 18.2 Å². The lowest BCUT2D eigenvalue weighted by Crippen LogP contribution is -2.36. The Hall–Kier alpha value is -3.18. The van der Waals surface area contributed by atoms with Gasteiger partial charge in [0.2, 0.25) is 0 Å². The van der Waals surface area contributed by atoms with Crippen LogP contribution >= 0.6 is 0 Å². The molecule has 3 aromatic carbocycles. The van der Waals surface area contributed by atoms with Gasteiger partial charge in [-0.1, -0.05) is 18.2 Å². The molecule has 0 N–H and O–H groups in total. The summed E-state index contributed by atoms with van der Waals surface area (Å²) in [6, 6.07) is 22.5. The van der Waals surface area contributed by atoms with Gasteiger partial charge in [0.15, 0.2) is 0 Å². The topological polar surface area (TPSA) is 34.1 Å². The van der Waals surface area contributed by atoms with E-state index in [0.29, 0.717) is 11.3 Å². The molecule has 0 aliphatic carbocycles. The number of anilines is 1. The molecule has 29 heavy (non-hydrogen) atoms. The van der Waals surface area contributed by atoms with Gasteiger partial charge in [-0.25, -0.2) is 4.39 Å². The predicted octanol–water partition coefficient (Wildman–Crippen LogP) is 4.99. The molecule has 148 valence electrons. The second-order valence-electron chi connectivity index (χ2n) is 6.82. The molecule has 0 spiro atoms. The van der Waals surface area contributed by atoms with Crippen LogP contribution in [-0.2, 0) is 11.3 Å². The van der Waals surface area contributed by atoms with Crippen LogP contribution in [0.4, 0.5) is 15.8 Å². The highest BCUT2D eigenvalue weighted by molar-refractivity contribution is 5.82. The maximum Gasteiger partial charge on any atom is 0.129 e. The molecule has 1 saturated heterocycles. The van der Waals surface area contributed by atoms with Gasteiger partial charge in [0.25, 0.3) is 0 Å². The minimum absolute atomic E-state index is 0.204. The average molecular weight is 390 g/mol. The van der Waals surface area contributed by atoms with Crippen molar-refractivity contribution in [3.8, 4) is 5.75 Å². The third kappa shape index (κ3) is 5.21. The average Bonchev–Trinajstić information content (AvgIpc) is 2.79. The second kappa shape index (κ2) is 9.34. The van der Waals surface area contributed by atoms with Gasteiger partial charge >= 0.3 is 0 Å². The Morgan fingerprint density at radius 3 is 2.38 bits per heavy atom. The Kier molecular flexibility index (Phi) is 6.17. The van der Waals surface area contributed by atoms with E-state index in [9.17, 15) is 4.39 Å². The number of morpholine rings is 1. The monoisotopic (exact) mass is 390 g/mol. The molecule has 0 bridgehead atoms. The Bertz CT molecular complexity index is 949. The van der Waals surface area contributed by atoms with Crippen LogP contribution in [0.1, 0.15) is 11.1 Å². The maximum atomic E-state index is 13.6.